The number of hydrogen-bond donors (Lipinski definition) is 3. The molecule has 0 aromatic rings. The minimum absolute atomic E-state index is 0.0557. The van der Waals surface area contributed by atoms with E-state index >= 15 is 0 Å². The fourth-order valence-electron chi connectivity index (χ4n) is 1.99. The van der Waals surface area contributed by atoms with Gasteiger partial charge in [0.25, 0.3) is 0 Å². The monoisotopic (exact) mass is 285 g/mol. The summed E-state index contributed by atoms with van der Waals surface area (Å²) in [5, 5.41) is 7.84. The lowest BCUT2D eigenvalue weighted by molar-refractivity contribution is -0.127. The topological polar surface area (TPSA) is 96.5 Å². The van der Waals surface area contributed by atoms with Gasteiger partial charge in [-0.25, -0.2) is 4.79 Å². The quantitative estimate of drug-likeness (QED) is 0.640. The molecule has 3 amide bonds. The van der Waals surface area contributed by atoms with E-state index in [-0.39, 0.29) is 24.3 Å². The summed E-state index contributed by atoms with van der Waals surface area (Å²) in [4.78, 5) is 35.0. The third-order valence-corrected chi connectivity index (χ3v) is 3.57. The Morgan fingerprint density at radius 1 is 1.25 bits per heavy atom. The van der Waals surface area contributed by atoms with Crippen molar-refractivity contribution in [2.45, 2.75) is 32.7 Å². The number of hydrogen-bond acceptors (Lipinski definition) is 4. The van der Waals surface area contributed by atoms with Crippen molar-refractivity contribution >= 4 is 17.9 Å². The lowest BCUT2D eigenvalue weighted by Gasteiger charge is -2.22. The van der Waals surface area contributed by atoms with Crippen LogP contribution in [0.3, 0.4) is 0 Å². The molecule has 1 atom stereocenters. The number of methoxy groups -OCH3 is 1. The van der Waals surface area contributed by atoms with Crippen LogP contribution in [0, 0.1) is 11.3 Å². The van der Waals surface area contributed by atoms with Crippen LogP contribution in [0.2, 0.25) is 0 Å². The Labute approximate surface area is 118 Å². The first kappa shape index (κ1) is 16.3. The normalized spacial score (nSPS) is 17.1. The highest BCUT2D eigenvalue weighted by molar-refractivity contribution is 5.88. The number of carbonyl (C=O) groups is 3. The molecule has 0 bridgehead atoms. The molecule has 0 saturated heterocycles. The molecule has 1 aliphatic carbocycles. The molecule has 20 heavy (non-hydrogen) atoms. The van der Waals surface area contributed by atoms with Gasteiger partial charge in [0.05, 0.1) is 12.5 Å². The molecule has 1 fully saturated rings. The smallest absolute Gasteiger partial charge is 0.407 e. The van der Waals surface area contributed by atoms with Gasteiger partial charge in [-0.2, -0.15) is 0 Å². The number of amides is 3. The Bertz CT molecular complexity index is 391. The number of carbonyl (C=O) groups excluding carboxylic acids is 3. The van der Waals surface area contributed by atoms with Crippen molar-refractivity contribution in [2.24, 2.45) is 11.3 Å². The van der Waals surface area contributed by atoms with E-state index in [1.165, 1.54) is 7.11 Å². The molecule has 0 aromatic heterocycles. The largest absolute Gasteiger partial charge is 0.453 e. The molecule has 0 spiro atoms. The zero-order valence-corrected chi connectivity index (χ0v) is 12.4. The van der Waals surface area contributed by atoms with Gasteiger partial charge in [-0.05, 0) is 18.8 Å². The third kappa shape index (κ3) is 3.85. The Kier molecular flexibility index (Phi) is 5.35. The number of nitrogens with one attached hydrogen (secondary N) is 3. The van der Waals surface area contributed by atoms with Crippen LogP contribution in [0.5, 0.6) is 0 Å². The van der Waals surface area contributed by atoms with E-state index < -0.39 is 17.6 Å². The predicted molar refractivity (Wildman–Crippen MR) is 72.9 cm³/mol. The van der Waals surface area contributed by atoms with Crippen molar-refractivity contribution in [2.75, 3.05) is 20.7 Å². The van der Waals surface area contributed by atoms with Crippen LogP contribution in [0.25, 0.3) is 0 Å². The van der Waals surface area contributed by atoms with E-state index in [4.69, 9.17) is 0 Å². The third-order valence-electron chi connectivity index (χ3n) is 3.57. The molecule has 0 radical (unpaired) electrons. The van der Waals surface area contributed by atoms with Crippen LogP contribution in [0.1, 0.15) is 26.7 Å². The molecule has 1 aliphatic rings. The summed E-state index contributed by atoms with van der Waals surface area (Å²) in [6, 6.07) is -0.678. The van der Waals surface area contributed by atoms with Gasteiger partial charge < -0.3 is 20.7 Å². The zero-order chi connectivity index (χ0) is 15.3. The van der Waals surface area contributed by atoms with Gasteiger partial charge in [0.1, 0.15) is 6.04 Å². The van der Waals surface area contributed by atoms with Crippen LogP contribution in [0.15, 0.2) is 0 Å². The molecule has 7 nitrogen and oxygen atoms in total. The van der Waals surface area contributed by atoms with E-state index in [1.807, 2.05) is 13.8 Å². The fourth-order valence-corrected chi connectivity index (χ4v) is 1.99. The molecule has 0 heterocycles. The molecule has 3 N–H and O–H groups in total. The molecule has 114 valence electrons. The van der Waals surface area contributed by atoms with Gasteiger partial charge >= 0.3 is 6.09 Å². The molecule has 0 unspecified atom stereocenters. The van der Waals surface area contributed by atoms with Gasteiger partial charge in [0.2, 0.25) is 11.8 Å². The maximum Gasteiger partial charge on any atom is 0.407 e. The molecule has 1 rings (SSSR count). The second kappa shape index (κ2) is 6.58. The molecule has 0 aliphatic heterocycles. The first-order valence-corrected chi connectivity index (χ1v) is 6.70. The van der Waals surface area contributed by atoms with E-state index in [0.29, 0.717) is 0 Å². The van der Waals surface area contributed by atoms with Crippen LogP contribution in [0.4, 0.5) is 4.79 Å². The predicted octanol–water partition coefficient (Wildman–Crippen LogP) is 0.00940. The lowest BCUT2D eigenvalue weighted by atomic mass is 10.0. The van der Waals surface area contributed by atoms with Crippen molar-refractivity contribution in [3.63, 3.8) is 0 Å². The molecular formula is C13H23N3O4. The highest BCUT2D eigenvalue weighted by atomic mass is 16.5. The van der Waals surface area contributed by atoms with Crippen molar-refractivity contribution in [3.8, 4) is 0 Å². The second-order valence-electron chi connectivity index (χ2n) is 5.43. The van der Waals surface area contributed by atoms with Crippen molar-refractivity contribution in [1.29, 1.82) is 0 Å². The second-order valence-corrected chi connectivity index (χ2v) is 5.43. The van der Waals surface area contributed by atoms with Crippen molar-refractivity contribution in [3.05, 3.63) is 0 Å². The minimum atomic E-state index is -0.678. The Balaban J connectivity index is 2.55. The lowest BCUT2D eigenvalue weighted by Crippen LogP contribution is -2.51. The fraction of sp³-hybridized carbons (Fsp3) is 0.769. The summed E-state index contributed by atoms with van der Waals surface area (Å²) < 4.78 is 4.50. The molecule has 1 saturated carbocycles. The maximum atomic E-state index is 12.1. The molecule has 7 heteroatoms. The number of ether oxygens (including phenoxy) is 1. The first-order valence-electron chi connectivity index (χ1n) is 6.70. The van der Waals surface area contributed by atoms with Crippen LogP contribution < -0.4 is 16.0 Å². The summed E-state index contributed by atoms with van der Waals surface area (Å²) in [7, 11) is 2.83. The van der Waals surface area contributed by atoms with E-state index in [2.05, 4.69) is 20.7 Å². The summed E-state index contributed by atoms with van der Waals surface area (Å²) in [6.07, 6.45) is 0.888. The van der Waals surface area contributed by atoms with E-state index in [9.17, 15) is 14.4 Å². The zero-order valence-electron chi connectivity index (χ0n) is 12.4. The molecular weight excluding hydrogens is 262 g/mol. The van der Waals surface area contributed by atoms with E-state index in [0.717, 1.165) is 12.8 Å². The Morgan fingerprint density at radius 2 is 1.85 bits per heavy atom. The highest BCUT2D eigenvalue weighted by Gasteiger charge is 2.49. The van der Waals surface area contributed by atoms with Gasteiger partial charge in [0, 0.05) is 13.6 Å². The standard InChI is InChI=1S/C13H23N3O4/c1-8(2)9(16-12(19)20-4)10(17)15-7-13(5-6-13)11(18)14-3/h8-9H,5-7H2,1-4H3,(H,14,18)(H,15,17)(H,16,19)/t9-/m0/s1. The maximum absolute atomic E-state index is 12.1. The van der Waals surface area contributed by atoms with Crippen molar-refractivity contribution < 1.29 is 19.1 Å². The molecule has 0 aromatic carbocycles. The van der Waals surface area contributed by atoms with Gasteiger partial charge in [-0.15, -0.1) is 0 Å². The minimum Gasteiger partial charge on any atom is -0.453 e. The summed E-state index contributed by atoms with van der Waals surface area (Å²) in [6.45, 7) is 3.94. The van der Waals surface area contributed by atoms with Crippen LogP contribution in [-0.4, -0.2) is 44.7 Å². The van der Waals surface area contributed by atoms with E-state index in [1.54, 1.807) is 7.05 Å². The Hall–Kier alpha value is -1.79. The van der Waals surface area contributed by atoms with Gasteiger partial charge in [-0.3, -0.25) is 9.59 Å². The average Bonchev–Trinajstić information content (AvgIpc) is 3.21. The summed E-state index contributed by atoms with van der Waals surface area (Å²) >= 11 is 0. The number of alkyl carbamates (subject to hydrolysis) is 1. The summed E-state index contributed by atoms with van der Waals surface area (Å²) in [5.74, 6) is -0.440. The van der Waals surface area contributed by atoms with Crippen molar-refractivity contribution in [1.82, 2.24) is 16.0 Å². The van der Waals surface area contributed by atoms with Crippen LogP contribution >= 0.6 is 0 Å². The van der Waals surface area contributed by atoms with Gasteiger partial charge in [-0.1, -0.05) is 13.8 Å². The van der Waals surface area contributed by atoms with Gasteiger partial charge in [0.15, 0.2) is 0 Å². The summed E-state index contributed by atoms with van der Waals surface area (Å²) in [5.41, 5.74) is -0.475. The average molecular weight is 285 g/mol. The SMILES string of the molecule is CNC(=O)C1(CNC(=O)[C@@H](NC(=O)OC)C(C)C)CC1. The highest BCUT2D eigenvalue weighted by Crippen LogP contribution is 2.45. The van der Waals surface area contributed by atoms with Crippen LogP contribution in [-0.2, 0) is 14.3 Å². The number of rotatable bonds is 6. The first-order chi connectivity index (χ1) is 9.36. The Morgan fingerprint density at radius 3 is 2.25 bits per heavy atom.